The Morgan fingerprint density at radius 3 is 3.04 bits per heavy atom. The largest absolute Gasteiger partial charge is 0.381 e. The first-order chi connectivity index (χ1) is 12.1. The average molecular weight is 341 g/mol. The molecule has 3 aromatic heterocycles. The van der Waals surface area contributed by atoms with Gasteiger partial charge in [0.1, 0.15) is 5.82 Å². The zero-order valence-corrected chi connectivity index (χ0v) is 14.1. The summed E-state index contributed by atoms with van der Waals surface area (Å²) >= 11 is 0. The molecule has 0 bridgehead atoms. The second-order valence-corrected chi connectivity index (χ2v) is 6.18. The number of fused-ring (bicyclic) bond motifs is 1. The van der Waals surface area contributed by atoms with E-state index >= 15 is 0 Å². The Balaban J connectivity index is 1.55. The van der Waals surface area contributed by atoms with Gasteiger partial charge >= 0.3 is 0 Å². The molecule has 1 atom stereocenters. The van der Waals surface area contributed by atoms with Crippen molar-refractivity contribution in [3.63, 3.8) is 0 Å². The number of hydrogen-bond acceptors (Lipinski definition) is 6. The summed E-state index contributed by atoms with van der Waals surface area (Å²) in [4.78, 5) is 20.8. The minimum atomic E-state index is -0.389. The molecule has 3 aromatic rings. The molecule has 1 fully saturated rings. The summed E-state index contributed by atoms with van der Waals surface area (Å²) in [5.41, 5.74) is 1.79. The van der Waals surface area contributed by atoms with Crippen LogP contribution in [0.15, 0.2) is 18.3 Å². The molecule has 1 saturated heterocycles. The second kappa shape index (κ2) is 6.25. The number of nitrogens with zero attached hydrogens (tertiary/aromatic N) is 6. The van der Waals surface area contributed by atoms with Crippen LogP contribution >= 0.6 is 0 Å². The second-order valence-electron chi connectivity index (χ2n) is 6.18. The van der Waals surface area contributed by atoms with Crippen LogP contribution in [-0.2, 0) is 11.8 Å². The average Bonchev–Trinajstić information content (AvgIpc) is 3.21. The number of hydrogen-bond donors (Lipinski definition) is 1. The molecule has 25 heavy (non-hydrogen) atoms. The van der Waals surface area contributed by atoms with Crippen molar-refractivity contribution in [2.24, 2.45) is 7.05 Å². The van der Waals surface area contributed by atoms with E-state index < -0.39 is 0 Å². The summed E-state index contributed by atoms with van der Waals surface area (Å²) in [5.74, 6) is 0.958. The molecular weight excluding hydrogens is 322 g/mol. The van der Waals surface area contributed by atoms with Crippen molar-refractivity contribution >= 4 is 17.5 Å². The summed E-state index contributed by atoms with van der Waals surface area (Å²) in [6, 6.07) is 3.69. The van der Waals surface area contributed by atoms with Crippen molar-refractivity contribution in [2.45, 2.75) is 25.7 Å². The van der Waals surface area contributed by atoms with Gasteiger partial charge in [0.15, 0.2) is 0 Å². The van der Waals surface area contributed by atoms with Gasteiger partial charge in [-0.25, -0.2) is 9.50 Å². The van der Waals surface area contributed by atoms with E-state index in [1.807, 2.05) is 19.1 Å². The Kier molecular flexibility index (Phi) is 3.92. The molecule has 1 aliphatic heterocycles. The van der Waals surface area contributed by atoms with Gasteiger partial charge in [-0.1, -0.05) is 0 Å². The van der Waals surface area contributed by atoms with Gasteiger partial charge in [-0.2, -0.15) is 10.1 Å². The van der Waals surface area contributed by atoms with E-state index in [-0.39, 0.29) is 17.6 Å². The molecule has 0 aliphatic carbocycles. The molecule has 9 nitrogen and oxygen atoms in total. The van der Waals surface area contributed by atoms with Crippen molar-refractivity contribution in [2.75, 3.05) is 18.5 Å². The maximum Gasteiger partial charge on any atom is 0.296 e. The molecule has 1 unspecified atom stereocenters. The fraction of sp³-hybridized carbons (Fsp3) is 0.438. The SMILES string of the molecule is Cc1ccnc2nc(C(=O)Nc3cc(C4CCCOC4)nn3C)nn12. The highest BCUT2D eigenvalue weighted by atomic mass is 16.5. The van der Waals surface area contributed by atoms with Gasteiger partial charge in [0.05, 0.1) is 12.3 Å². The van der Waals surface area contributed by atoms with E-state index in [0.29, 0.717) is 18.2 Å². The number of aromatic nitrogens is 6. The molecule has 0 saturated carbocycles. The number of aryl methyl sites for hydroxylation is 2. The van der Waals surface area contributed by atoms with E-state index in [4.69, 9.17) is 4.74 Å². The number of nitrogens with one attached hydrogen (secondary N) is 1. The van der Waals surface area contributed by atoms with Crippen LogP contribution in [0.4, 0.5) is 5.82 Å². The summed E-state index contributed by atoms with van der Waals surface area (Å²) in [7, 11) is 1.80. The molecule has 0 spiro atoms. The molecule has 4 rings (SSSR count). The van der Waals surface area contributed by atoms with Crippen molar-refractivity contribution in [3.05, 3.63) is 35.5 Å². The first-order valence-corrected chi connectivity index (χ1v) is 8.23. The van der Waals surface area contributed by atoms with Gasteiger partial charge in [-0.15, -0.1) is 5.10 Å². The zero-order valence-electron chi connectivity index (χ0n) is 14.1. The van der Waals surface area contributed by atoms with Crippen molar-refractivity contribution in [1.29, 1.82) is 0 Å². The van der Waals surface area contributed by atoms with Crippen LogP contribution in [0.2, 0.25) is 0 Å². The number of rotatable bonds is 3. The van der Waals surface area contributed by atoms with Gasteiger partial charge in [0.2, 0.25) is 5.82 Å². The standard InChI is InChI=1S/C16H19N7O2/c1-10-5-6-17-16-19-14(21-23(10)16)15(24)18-13-8-12(20-22(13)2)11-4-3-7-25-9-11/h5-6,8,11H,3-4,7,9H2,1-2H3,(H,18,24). The highest BCUT2D eigenvalue weighted by molar-refractivity contribution is 6.01. The van der Waals surface area contributed by atoms with E-state index in [2.05, 4.69) is 25.5 Å². The minimum absolute atomic E-state index is 0.0746. The Hall–Kier alpha value is -2.81. The Bertz CT molecular complexity index is 924. The molecule has 1 N–H and O–H groups in total. The summed E-state index contributed by atoms with van der Waals surface area (Å²) in [5, 5.41) is 11.5. The fourth-order valence-electron chi connectivity index (χ4n) is 2.95. The van der Waals surface area contributed by atoms with E-state index in [1.54, 1.807) is 22.4 Å². The van der Waals surface area contributed by atoms with Crippen molar-refractivity contribution in [1.82, 2.24) is 29.4 Å². The summed E-state index contributed by atoms with van der Waals surface area (Å²) < 4.78 is 8.71. The lowest BCUT2D eigenvalue weighted by Crippen LogP contribution is -2.16. The smallest absolute Gasteiger partial charge is 0.296 e. The highest BCUT2D eigenvalue weighted by Gasteiger charge is 2.21. The number of ether oxygens (including phenoxy) is 1. The third kappa shape index (κ3) is 2.98. The Labute approximate surface area is 144 Å². The fourth-order valence-corrected chi connectivity index (χ4v) is 2.95. The lowest BCUT2D eigenvalue weighted by atomic mass is 9.99. The minimum Gasteiger partial charge on any atom is -0.381 e. The normalized spacial score (nSPS) is 17.8. The van der Waals surface area contributed by atoms with Crippen LogP contribution in [-0.4, -0.2) is 48.5 Å². The first kappa shape index (κ1) is 15.7. The van der Waals surface area contributed by atoms with Gasteiger partial charge < -0.3 is 10.1 Å². The quantitative estimate of drug-likeness (QED) is 0.771. The lowest BCUT2D eigenvalue weighted by Gasteiger charge is -2.19. The zero-order chi connectivity index (χ0) is 17.4. The number of carbonyl (C=O) groups excluding carboxylic acids is 1. The number of carbonyl (C=O) groups is 1. The van der Waals surface area contributed by atoms with Gasteiger partial charge in [0, 0.05) is 37.5 Å². The maximum absolute atomic E-state index is 12.5. The molecule has 130 valence electrons. The lowest BCUT2D eigenvalue weighted by molar-refractivity contribution is 0.0791. The maximum atomic E-state index is 12.5. The third-order valence-corrected chi connectivity index (χ3v) is 4.35. The third-order valence-electron chi connectivity index (χ3n) is 4.35. The van der Waals surface area contributed by atoms with E-state index in [0.717, 1.165) is 30.8 Å². The molecule has 0 radical (unpaired) electrons. The Morgan fingerprint density at radius 1 is 1.40 bits per heavy atom. The topological polar surface area (TPSA) is 99.2 Å². The first-order valence-electron chi connectivity index (χ1n) is 8.23. The molecular formula is C16H19N7O2. The number of anilines is 1. The molecule has 1 aliphatic rings. The predicted octanol–water partition coefficient (Wildman–Crippen LogP) is 1.31. The molecule has 0 aromatic carbocycles. The summed E-state index contributed by atoms with van der Waals surface area (Å²) in [6.45, 7) is 3.36. The van der Waals surface area contributed by atoms with Crippen molar-refractivity contribution < 1.29 is 9.53 Å². The van der Waals surface area contributed by atoms with Gasteiger partial charge in [-0.05, 0) is 25.8 Å². The van der Waals surface area contributed by atoms with E-state index in [1.165, 1.54) is 0 Å². The molecule has 1 amide bonds. The molecule has 4 heterocycles. The Morgan fingerprint density at radius 2 is 2.28 bits per heavy atom. The van der Waals surface area contributed by atoms with Crippen LogP contribution in [0.3, 0.4) is 0 Å². The van der Waals surface area contributed by atoms with Crippen LogP contribution in [0.5, 0.6) is 0 Å². The van der Waals surface area contributed by atoms with Gasteiger partial charge in [0.25, 0.3) is 11.7 Å². The van der Waals surface area contributed by atoms with Crippen molar-refractivity contribution in [3.8, 4) is 0 Å². The van der Waals surface area contributed by atoms with Crippen LogP contribution in [0.1, 0.15) is 40.8 Å². The van der Waals surface area contributed by atoms with Crippen LogP contribution in [0.25, 0.3) is 5.78 Å². The van der Waals surface area contributed by atoms with Crippen LogP contribution in [0, 0.1) is 6.92 Å². The molecule has 9 heteroatoms. The van der Waals surface area contributed by atoms with Gasteiger partial charge in [-0.3, -0.25) is 9.48 Å². The highest BCUT2D eigenvalue weighted by Crippen LogP contribution is 2.26. The van der Waals surface area contributed by atoms with E-state index in [9.17, 15) is 4.79 Å². The van der Waals surface area contributed by atoms with Crippen LogP contribution < -0.4 is 5.32 Å². The monoisotopic (exact) mass is 341 g/mol. The number of amides is 1. The predicted molar refractivity (Wildman–Crippen MR) is 89.5 cm³/mol. The summed E-state index contributed by atoms with van der Waals surface area (Å²) in [6.07, 6.45) is 3.71.